The Balaban J connectivity index is 1.68. The molecule has 0 spiro atoms. The fraction of sp³-hybridized carbons (Fsp3) is 0.105. The van der Waals surface area contributed by atoms with E-state index in [-0.39, 0.29) is 15.7 Å². The van der Waals surface area contributed by atoms with Crippen LogP contribution in [0.3, 0.4) is 0 Å². The highest BCUT2D eigenvalue weighted by Gasteiger charge is 2.18. The van der Waals surface area contributed by atoms with E-state index in [1.807, 2.05) is 0 Å². The number of halogens is 2. The van der Waals surface area contributed by atoms with Crippen LogP contribution in [-0.4, -0.2) is 24.0 Å². The summed E-state index contributed by atoms with van der Waals surface area (Å²) in [6, 6.07) is 9.36. The van der Waals surface area contributed by atoms with Crippen LogP contribution in [0.5, 0.6) is 5.75 Å². The van der Waals surface area contributed by atoms with E-state index in [9.17, 15) is 18.4 Å². The molecule has 0 saturated carbocycles. The number of anilines is 3. The standard InChI is InChI=1S/C19H16F2N4O3S/c1-10-16(17(26)23-11-7-8-12(20)13(21)9-11)29-19(22-10)25-18(27)24-14-5-3-4-6-15(14)28-2/h3-9H,1-2H3,(H,23,26)(H2,22,24,25,27). The lowest BCUT2D eigenvalue weighted by molar-refractivity contribution is 0.102. The molecule has 1 aromatic heterocycles. The van der Waals surface area contributed by atoms with Crippen molar-refractivity contribution in [2.24, 2.45) is 0 Å². The zero-order chi connectivity index (χ0) is 21.0. The Labute approximate surface area is 168 Å². The molecule has 0 radical (unpaired) electrons. The van der Waals surface area contributed by atoms with Gasteiger partial charge in [-0.15, -0.1) is 0 Å². The maximum Gasteiger partial charge on any atom is 0.325 e. The second-order valence-corrected chi connectivity index (χ2v) is 6.80. The quantitative estimate of drug-likeness (QED) is 0.563. The van der Waals surface area contributed by atoms with E-state index in [2.05, 4.69) is 20.9 Å². The highest BCUT2D eigenvalue weighted by molar-refractivity contribution is 7.17. The van der Waals surface area contributed by atoms with Gasteiger partial charge in [0.15, 0.2) is 16.8 Å². The molecule has 0 aliphatic heterocycles. The fourth-order valence-electron chi connectivity index (χ4n) is 2.42. The molecule has 0 aliphatic carbocycles. The molecule has 150 valence electrons. The Morgan fingerprint density at radius 2 is 1.79 bits per heavy atom. The molecule has 0 saturated heterocycles. The van der Waals surface area contributed by atoms with Crippen molar-refractivity contribution in [3.63, 3.8) is 0 Å². The third kappa shape index (κ3) is 4.85. The number of rotatable bonds is 5. The van der Waals surface area contributed by atoms with Crippen molar-refractivity contribution in [1.82, 2.24) is 4.98 Å². The molecule has 0 fully saturated rings. The third-order valence-electron chi connectivity index (χ3n) is 3.76. The van der Waals surface area contributed by atoms with Gasteiger partial charge in [0.25, 0.3) is 5.91 Å². The van der Waals surface area contributed by atoms with Crippen molar-refractivity contribution < 1.29 is 23.1 Å². The van der Waals surface area contributed by atoms with Crippen molar-refractivity contribution in [3.8, 4) is 5.75 Å². The molecule has 10 heteroatoms. The molecule has 3 aromatic rings. The lowest BCUT2D eigenvalue weighted by Gasteiger charge is -2.09. The van der Waals surface area contributed by atoms with Crippen molar-refractivity contribution in [1.29, 1.82) is 0 Å². The normalized spacial score (nSPS) is 10.3. The number of hydrogen-bond donors (Lipinski definition) is 3. The van der Waals surface area contributed by atoms with Crippen molar-refractivity contribution in [3.05, 3.63) is 64.7 Å². The van der Waals surface area contributed by atoms with Gasteiger partial charge in [-0.05, 0) is 31.2 Å². The summed E-state index contributed by atoms with van der Waals surface area (Å²) in [7, 11) is 1.49. The largest absolute Gasteiger partial charge is 0.495 e. The van der Waals surface area contributed by atoms with E-state index in [0.717, 1.165) is 23.5 Å². The van der Waals surface area contributed by atoms with Gasteiger partial charge in [0.05, 0.1) is 18.5 Å². The molecule has 3 rings (SSSR count). The first-order valence-corrected chi connectivity index (χ1v) is 9.14. The molecule has 2 aromatic carbocycles. The Morgan fingerprint density at radius 1 is 1.03 bits per heavy atom. The number of para-hydroxylation sites is 2. The first-order chi connectivity index (χ1) is 13.9. The van der Waals surface area contributed by atoms with Crippen LogP contribution in [0, 0.1) is 18.6 Å². The zero-order valence-electron chi connectivity index (χ0n) is 15.4. The van der Waals surface area contributed by atoms with Crippen molar-refractivity contribution in [2.45, 2.75) is 6.92 Å². The summed E-state index contributed by atoms with van der Waals surface area (Å²) < 4.78 is 31.5. The van der Waals surface area contributed by atoms with Crippen LogP contribution in [0.1, 0.15) is 15.4 Å². The number of aromatic nitrogens is 1. The molecule has 0 atom stereocenters. The number of urea groups is 1. The summed E-state index contributed by atoms with van der Waals surface area (Å²) in [4.78, 5) is 29.0. The molecular weight excluding hydrogens is 402 g/mol. The van der Waals surface area contributed by atoms with E-state index < -0.39 is 23.6 Å². The van der Waals surface area contributed by atoms with E-state index in [1.165, 1.54) is 13.2 Å². The number of aryl methyl sites for hydroxylation is 1. The predicted molar refractivity (Wildman–Crippen MR) is 107 cm³/mol. The van der Waals surface area contributed by atoms with Gasteiger partial charge in [-0.25, -0.2) is 18.6 Å². The summed E-state index contributed by atoms with van der Waals surface area (Å²) in [6.45, 7) is 1.60. The van der Waals surface area contributed by atoms with Crippen LogP contribution in [-0.2, 0) is 0 Å². The first-order valence-electron chi connectivity index (χ1n) is 8.32. The highest BCUT2D eigenvalue weighted by atomic mass is 32.1. The van der Waals surface area contributed by atoms with Crippen LogP contribution in [0.25, 0.3) is 0 Å². The summed E-state index contributed by atoms with van der Waals surface area (Å²) in [5, 5.41) is 7.85. The average Bonchev–Trinajstić information content (AvgIpc) is 3.05. The summed E-state index contributed by atoms with van der Waals surface area (Å²) in [6.07, 6.45) is 0. The van der Waals surface area contributed by atoms with Crippen LogP contribution in [0.15, 0.2) is 42.5 Å². The lowest BCUT2D eigenvalue weighted by Crippen LogP contribution is -2.19. The van der Waals surface area contributed by atoms with Crippen LogP contribution >= 0.6 is 11.3 Å². The number of nitrogens with one attached hydrogen (secondary N) is 3. The minimum absolute atomic E-state index is 0.102. The molecule has 0 bridgehead atoms. The molecule has 0 unspecified atom stereocenters. The number of nitrogens with zero attached hydrogens (tertiary/aromatic N) is 1. The average molecular weight is 418 g/mol. The maximum absolute atomic E-state index is 13.3. The first kappa shape index (κ1) is 20.2. The SMILES string of the molecule is COc1ccccc1NC(=O)Nc1nc(C)c(C(=O)Nc2ccc(F)c(F)c2)s1. The Bertz CT molecular complexity index is 1070. The second-order valence-electron chi connectivity index (χ2n) is 5.80. The number of hydrogen-bond acceptors (Lipinski definition) is 5. The van der Waals surface area contributed by atoms with Gasteiger partial charge in [0.1, 0.15) is 10.6 Å². The zero-order valence-corrected chi connectivity index (χ0v) is 16.2. The summed E-state index contributed by atoms with van der Waals surface area (Å²) in [5.41, 5.74) is 0.949. The molecule has 29 heavy (non-hydrogen) atoms. The van der Waals surface area contributed by atoms with E-state index in [1.54, 1.807) is 31.2 Å². The number of thiazole rings is 1. The predicted octanol–water partition coefficient (Wildman–Crippen LogP) is 4.63. The highest BCUT2D eigenvalue weighted by Crippen LogP contribution is 2.26. The van der Waals surface area contributed by atoms with Crippen molar-refractivity contribution >= 4 is 39.8 Å². The van der Waals surface area contributed by atoms with E-state index >= 15 is 0 Å². The van der Waals surface area contributed by atoms with Crippen molar-refractivity contribution in [2.75, 3.05) is 23.1 Å². The molecule has 3 amide bonds. The Morgan fingerprint density at radius 3 is 2.52 bits per heavy atom. The summed E-state index contributed by atoms with van der Waals surface area (Å²) >= 11 is 0.949. The Kier molecular flexibility index (Phi) is 6.03. The molecular formula is C19H16F2N4O3S. The van der Waals surface area contributed by atoms with Gasteiger partial charge in [-0.3, -0.25) is 10.1 Å². The van der Waals surface area contributed by atoms with Gasteiger partial charge >= 0.3 is 6.03 Å². The topological polar surface area (TPSA) is 92.3 Å². The number of benzene rings is 2. The van der Waals surface area contributed by atoms with E-state index in [0.29, 0.717) is 17.1 Å². The Hall–Kier alpha value is -3.53. The third-order valence-corrected chi connectivity index (χ3v) is 4.83. The molecule has 3 N–H and O–H groups in total. The number of carbonyl (C=O) groups excluding carboxylic acids is 2. The fourth-order valence-corrected chi connectivity index (χ4v) is 3.28. The van der Waals surface area contributed by atoms with Gasteiger partial charge in [-0.2, -0.15) is 0 Å². The second kappa shape index (κ2) is 8.65. The smallest absolute Gasteiger partial charge is 0.325 e. The molecule has 0 aliphatic rings. The monoisotopic (exact) mass is 418 g/mol. The van der Waals surface area contributed by atoms with Crippen LogP contribution in [0.2, 0.25) is 0 Å². The maximum atomic E-state index is 13.3. The van der Waals surface area contributed by atoms with E-state index in [4.69, 9.17) is 4.74 Å². The minimum atomic E-state index is -1.07. The number of amides is 3. The van der Waals surface area contributed by atoms with Gasteiger partial charge in [-0.1, -0.05) is 23.5 Å². The van der Waals surface area contributed by atoms with Gasteiger partial charge < -0.3 is 15.4 Å². The minimum Gasteiger partial charge on any atom is -0.495 e. The van der Waals surface area contributed by atoms with Gasteiger partial charge in [0.2, 0.25) is 0 Å². The number of methoxy groups -OCH3 is 1. The lowest BCUT2D eigenvalue weighted by atomic mass is 10.3. The number of carbonyl (C=O) groups is 2. The molecule has 1 heterocycles. The van der Waals surface area contributed by atoms with Crippen LogP contribution in [0.4, 0.5) is 30.1 Å². The summed E-state index contributed by atoms with van der Waals surface area (Å²) in [5.74, 6) is -2.14. The van der Waals surface area contributed by atoms with Crippen LogP contribution < -0.4 is 20.7 Å². The number of ether oxygens (including phenoxy) is 1. The van der Waals surface area contributed by atoms with Gasteiger partial charge in [0, 0.05) is 11.8 Å². The molecule has 7 nitrogen and oxygen atoms in total.